The fraction of sp³-hybridized carbons (Fsp3) is 0.933. The van der Waals surface area contributed by atoms with Crippen molar-refractivity contribution in [2.24, 2.45) is 5.92 Å². The average molecular weight is 284 g/mol. The van der Waals surface area contributed by atoms with Crippen LogP contribution in [-0.4, -0.2) is 50.5 Å². The van der Waals surface area contributed by atoms with Gasteiger partial charge in [0, 0.05) is 32.4 Å². The summed E-state index contributed by atoms with van der Waals surface area (Å²) in [7, 11) is 0. The molecular formula is C15H28N2O3. The Kier molecular flexibility index (Phi) is 6.26. The molecule has 2 N–H and O–H groups in total. The molecule has 1 amide bonds. The number of rotatable bonds is 6. The molecule has 3 atom stereocenters. The Bertz CT molecular complexity index is 299. The molecule has 116 valence electrons. The van der Waals surface area contributed by atoms with Crippen LogP contribution in [0.2, 0.25) is 0 Å². The minimum absolute atomic E-state index is 0.0689. The molecule has 0 aromatic carbocycles. The van der Waals surface area contributed by atoms with Gasteiger partial charge in [0.2, 0.25) is 5.91 Å². The second-order valence-corrected chi connectivity index (χ2v) is 6.01. The molecule has 0 aliphatic carbocycles. The highest BCUT2D eigenvalue weighted by atomic mass is 16.5. The summed E-state index contributed by atoms with van der Waals surface area (Å²) >= 11 is 0. The molecule has 5 nitrogen and oxygen atoms in total. The molecule has 2 heterocycles. The molecule has 2 rings (SSSR count). The van der Waals surface area contributed by atoms with Gasteiger partial charge in [0.25, 0.3) is 0 Å². The van der Waals surface area contributed by atoms with Crippen LogP contribution in [0.1, 0.15) is 39.5 Å². The maximum Gasteiger partial charge on any atom is 0.236 e. The molecule has 0 aromatic rings. The van der Waals surface area contributed by atoms with E-state index < -0.39 is 0 Å². The Morgan fingerprint density at radius 2 is 1.95 bits per heavy atom. The lowest BCUT2D eigenvalue weighted by atomic mass is 9.92. The number of hydrogen-bond donors (Lipinski definition) is 2. The third-order valence-electron chi connectivity index (χ3n) is 4.41. The SMILES string of the molecule is CC(NC(C)C1CCOCC1)C(=O)NCC1CCCO1. The first-order valence-corrected chi connectivity index (χ1v) is 7.90. The third-order valence-corrected chi connectivity index (χ3v) is 4.41. The molecule has 0 radical (unpaired) electrons. The van der Waals surface area contributed by atoms with E-state index >= 15 is 0 Å². The van der Waals surface area contributed by atoms with Crippen molar-refractivity contribution in [2.75, 3.05) is 26.4 Å². The van der Waals surface area contributed by atoms with Gasteiger partial charge < -0.3 is 20.1 Å². The first kappa shape index (κ1) is 15.7. The van der Waals surface area contributed by atoms with Crippen LogP contribution in [0.25, 0.3) is 0 Å². The quantitative estimate of drug-likeness (QED) is 0.766. The van der Waals surface area contributed by atoms with E-state index in [0.717, 1.165) is 45.5 Å². The van der Waals surface area contributed by atoms with Crippen molar-refractivity contribution >= 4 is 5.91 Å². The Balaban J connectivity index is 1.66. The largest absolute Gasteiger partial charge is 0.381 e. The topological polar surface area (TPSA) is 59.6 Å². The van der Waals surface area contributed by atoms with E-state index in [9.17, 15) is 4.79 Å². The zero-order chi connectivity index (χ0) is 14.4. The van der Waals surface area contributed by atoms with Crippen molar-refractivity contribution in [3.63, 3.8) is 0 Å². The van der Waals surface area contributed by atoms with Crippen molar-refractivity contribution in [3.05, 3.63) is 0 Å². The monoisotopic (exact) mass is 284 g/mol. The normalized spacial score (nSPS) is 27.2. The molecule has 0 bridgehead atoms. The molecule has 0 spiro atoms. The van der Waals surface area contributed by atoms with Crippen LogP contribution in [0.15, 0.2) is 0 Å². The number of carbonyl (C=O) groups is 1. The van der Waals surface area contributed by atoms with Gasteiger partial charge in [-0.2, -0.15) is 0 Å². The van der Waals surface area contributed by atoms with Gasteiger partial charge in [-0.3, -0.25) is 4.79 Å². The summed E-state index contributed by atoms with van der Waals surface area (Å²) in [4.78, 5) is 12.1. The van der Waals surface area contributed by atoms with Crippen LogP contribution in [-0.2, 0) is 14.3 Å². The summed E-state index contributed by atoms with van der Waals surface area (Å²) in [6, 6.07) is 0.191. The molecule has 5 heteroatoms. The Labute approximate surface area is 121 Å². The maximum atomic E-state index is 12.1. The third kappa shape index (κ3) is 4.72. The zero-order valence-electron chi connectivity index (χ0n) is 12.7. The van der Waals surface area contributed by atoms with E-state index in [1.807, 2.05) is 6.92 Å². The number of amides is 1. The lowest BCUT2D eigenvalue weighted by Crippen LogP contribution is -2.49. The Morgan fingerprint density at radius 1 is 1.20 bits per heavy atom. The van der Waals surface area contributed by atoms with Crippen molar-refractivity contribution in [1.82, 2.24) is 10.6 Å². The van der Waals surface area contributed by atoms with Crippen molar-refractivity contribution in [3.8, 4) is 0 Å². The molecule has 2 aliphatic rings. The van der Waals surface area contributed by atoms with E-state index in [-0.39, 0.29) is 18.1 Å². The first-order valence-electron chi connectivity index (χ1n) is 7.90. The minimum Gasteiger partial charge on any atom is -0.381 e. The lowest BCUT2D eigenvalue weighted by Gasteiger charge is -2.30. The smallest absolute Gasteiger partial charge is 0.236 e. The van der Waals surface area contributed by atoms with Crippen LogP contribution in [0, 0.1) is 5.92 Å². The standard InChI is InChI=1S/C15H28N2O3/c1-11(13-5-8-19-9-6-13)17-12(2)15(18)16-10-14-4-3-7-20-14/h11-14,17H,3-10H2,1-2H3,(H,16,18). The molecule has 3 unspecified atom stereocenters. The van der Waals surface area contributed by atoms with Gasteiger partial charge in [0.15, 0.2) is 0 Å². The second-order valence-electron chi connectivity index (χ2n) is 6.01. The summed E-state index contributed by atoms with van der Waals surface area (Å²) in [6.45, 7) is 7.25. The van der Waals surface area contributed by atoms with E-state index in [2.05, 4.69) is 17.6 Å². The van der Waals surface area contributed by atoms with Gasteiger partial charge in [-0.05, 0) is 45.4 Å². The summed E-state index contributed by atoms with van der Waals surface area (Å²) in [5, 5.41) is 6.40. The summed E-state index contributed by atoms with van der Waals surface area (Å²) in [5.74, 6) is 0.677. The number of carbonyl (C=O) groups excluding carboxylic acids is 1. The predicted octanol–water partition coefficient (Wildman–Crippen LogP) is 1.07. The first-order chi connectivity index (χ1) is 9.66. The van der Waals surface area contributed by atoms with Gasteiger partial charge in [-0.25, -0.2) is 0 Å². The molecule has 2 aliphatic heterocycles. The molecule has 2 saturated heterocycles. The van der Waals surface area contributed by atoms with Crippen LogP contribution < -0.4 is 10.6 Å². The molecule has 0 saturated carbocycles. The highest BCUT2D eigenvalue weighted by Gasteiger charge is 2.24. The molecular weight excluding hydrogens is 256 g/mol. The minimum atomic E-state index is -0.158. The number of nitrogens with one attached hydrogen (secondary N) is 2. The Hall–Kier alpha value is -0.650. The van der Waals surface area contributed by atoms with Gasteiger partial charge in [-0.1, -0.05) is 0 Å². The predicted molar refractivity (Wildman–Crippen MR) is 77.6 cm³/mol. The lowest BCUT2D eigenvalue weighted by molar-refractivity contribution is -0.123. The molecule has 2 fully saturated rings. The van der Waals surface area contributed by atoms with Crippen LogP contribution >= 0.6 is 0 Å². The summed E-state index contributed by atoms with van der Waals surface area (Å²) in [6.07, 6.45) is 4.53. The van der Waals surface area contributed by atoms with Gasteiger partial charge in [-0.15, -0.1) is 0 Å². The maximum absolute atomic E-state index is 12.1. The van der Waals surface area contributed by atoms with Gasteiger partial charge in [0.05, 0.1) is 12.1 Å². The van der Waals surface area contributed by atoms with E-state index in [0.29, 0.717) is 18.5 Å². The highest BCUT2D eigenvalue weighted by molar-refractivity contribution is 5.81. The van der Waals surface area contributed by atoms with E-state index in [4.69, 9.17) is 9.47 Å². The van der Waals surface area contributed by atoms with Crippen LogP contribution in [0.4, 0.5) is 0 Å². The molecule has 20 heavy (non-hydrogen) atoms. The highest BCUT2D eigenvalue weighted by Crippen LogP contribution is 2.18. The van der Waals surface area contributed by atoms with E-state index in [1.165, 1.54) is 0 Å². The fourth-order valence-corrected chi connectivity index (χ4v) is 2.99. The van der Waals surface area contributed by atoms with Gasteiger partial charge >= 0.3 is 0 Å². The zero-order valence-corrected chi connectivity index (χ0v) is 12.7. The van der Waals surface area contributed by atoms with E-state index in [1.54, 1.807) is 0 Å². The fourth-order valence-electron chi connectivity index (χ4n) is 2.99. The van der Waals surface area contributed by atoms with Crippen molar-refractivity contribution < 1.29 is 14.3 Å². The average Bonchev–Trinajstić information content (AvgIpc) is 2.98. The summed E-state index contributed by atoms with van der Waals surface area (Å²) < 4.78 is 10.9. The Morgan fingerprint density at radius 3 is 2.60 bits per heavy atom. The van der Waals surface area contributed by atoms with Crippen LogP contribution in [0.3, 0.4) is 0 Å². The summed E-state index contributed by atoms with van der Waals surface area (Å²) in [5.41, 5.74) is 0. The molecule has 0 aromatic heterocycles. The van der Waals surface area contributed by atoms with Crippen molar-refractivity contribution in [2.45, 2.75) is 57.7 Å². The number of hydrogen-bond acceptors (Lipinski definition) is 4. The van der Waals surface area contributed by atoms with Gasteiger partial charge in [0.1, 0.15) is 0 Å². The number of ether oxygens (including phenoxy) is 2. The van der Waals surface area contributed by atoms with Crippen molar-refractivity contribution in [1.29, 1.82) is 0 Å². The second kappa shape index (κ2) is 7.96. The van der Waals surface area contributed by atoms with Crippen LogP contribution in [0.5, 0.6) is 0 Å².